The van der Waals surface area contributed by atoms with E-state index >= 15 is 0 Å². The van der Waals surface area contributed by atoms with Crippen molar-refractivity contribution in [2.45, 2.75) is 12.2 Å². The molecule has 2 aliphatic heterocycles. The quantitative estimate of drug-likeness (QED) is 0.794. The minimum Gasteiger partial charge on any atom is -0.348 e. The number of amides is 1. The monoisotopic (exact) mass is 325 g/mol. The average Bonchev–Trinajstić information content (AvgIpc) is 2.96. The molecule has 3 rings (SSSR count). The van der Waals surface area contributed by atoms with E-state index in [1.54, 1.807) is 16.7 Å². The van der Waals surface area contributed by atoms with Gasteiger partial charge in [0.2, 0.25) is 0 Å². The van der Waals surface area contributed by atoms with E-state index in [4.69, 9.17) is 0 Å². The SMILES string of the molecule is C[C@H]1CN=C(N2CCN(C(=O)c3cccc(F)c3F)CC2)S1. The molecule has 0 aromatic heterocycles. The molecule has 0 bridgehead atoms. The molecule has 1 amide bonds. The van der Waals surface area contributed by atoms with Gasteiger partial charge in [0.1, 0.15) is 0 Å². The van der Waals surface area contributed by atoms with Crippen molar-refractivity contribution in [3.05, 3.63) is 35.4 Å². The first kappa shape index (κ1) is 15.3. The summed E-state index contributed by atoms with van der Waals surface area (Å²) in [4.78, 5) is 20.5. The van der Waals surface area contributed by atoms with Gasteiger partial charge in [0, 0.05) is 31.4 Å². The fourth-order valence-electron chi connectivity index (χ4n) is 2.58. The highest BCUT2D eigenvalue weighted by atomic mass is 32.2. The number of halogens is 2. The van der Waals surface area contributed by atoms with Gasteiger partial charge in [0.05, 0.1) is 12.1 Å². The lowest BCUT2D eigenvalue weighted by atomic mass is 10.1. The molecule has 0 N–H and O–H groups in total. The smallest absolute Gasteiger partial charge is 0.257 e. The molecule has 1 saturated heterocycles. The van der Waals surface area contributed by atoms with E-state index in [0.29, 0.717) is 31.4 Å². The van der Waals surface area contributed by atoms with Crippen molar-refractivity contribution in [1.82, 2.24) is 9.80 Å². The summed E-state index contributed by atoms with van der Waals surface area (Å²) in [6.45, 7) is 5.27. The fraction of sp³-hybridized carbons (Fsp3) is 0.467. The number of hydrogen-bond acceptors (Lipinski definition) is 4. The maximum Gasteiger partial charge on any atom is 0.257 e. The second-order valence-corrected chi connectivity index (χ2v) is 6.84. The van der Waals surface area contributed by atoms with Crippen LogP contribution in [0, 0.1) is 11.6 Å². The van der Waals surface area contributed by atoms with Crippen LogP contribution in [0.1, 0.15) is 17.3 Å². The van der Waals surface area contributed by atoms with E-state index < -0.39 is 17.5 Å². The molecule has 0 saturated carbocycles. The first-order valence-corrected chi connectivity index (χ1v) is 8.13. The Kier molecular flexibility index (Phi) is 4.33. The molecule has 0 unspecified atom stereocenters. The number of amidine groups is 1. The van der Waals surface area contributed by atoms with Gasteiger partial charge in [-0.1, -0.05) is 24.8 Å². The zero-order valence-corrected chi connectivity index (χ0v) is 13.1. The molecule has 0 spiro atoms. The third kappa shape index (κ3) is 2.95. The molecule has 22 heavy (non-hydrogen) atoms. The summed E-state index contributed by atoms with van der Waals surface area (Å²) in [6.07, 6.45) is 0. The Morgan fingerprint density at radius 1 is 1.27 bits per heavy atom. The third-order valence-corrected chi connectivity index (χ3v) is 4.96. The van der Waals surface area contributed by atoms with Crippen molar-refractivity contribution in [2.75, 3.05) is 32.7 Å². The Labute approximate surface area is 132 Å². The predicted octanol–water partition coefficient (Wildman–Crippen LogP) is 2.21. The van der Waals surface area contributed by atoms with Crippen LogP contribution in [0.25, 0.3) is 0 Å². The minimum atomic E-state index is -1.07. The number of benzene rings is 1. The van der Waals surface area contributed by atoms with Crippen molar-refractivity contribution >= 4 is 22.8 Å². The van der Waals surface area contributed by atoms with Gasteiger partial charge in [-0.15, -0.1) is 0 Å². The summed E-state index contributed by atoms with van der Waals surface area (Å²) < 4.78 is 27.0. The van der Waals surface area contributed by atoms with Gasteiger partial charge in [-0.05, 0) is 12.1 Å². The van der Waals surface area contributed by atoms with Crippen LogP contribution < -0.4 is 0 Å². The number of rotatable bonds is 1. The highest BCUT2D eigenvalue weighted by Gasteiger charge is 2.28. The zero-order valence-electron chi connectivity index (χ0n) is 12.3. The van der Waals surface area contributed by atoms with Gasteiger partial charge < -0.3 is 9.80 Å². The molecule has 1 aromatic carbocycles. The van der Waals surface area contributed by atoms with E-state index in [1.807, 2.05) is 0 Å². The summed E-state index contributed by atoms with van der Waals surface area (Å²) >= 11 is 1.75. The number of carbonyl (C=O) groups excluding carboxylic acids is 1. The lowest BCUT2D eigenvalue weighted by Crippen LogP contribution is -2.50. The summed E-state index contributed by atoms with van der Waals surface area (Å²) in [5, 5.41) is 1.52. The molecule has 2 heterocycles. The second-order valence-electron chi connectivity index (χ2n) is 5.43. The number of aliphatic imine (C=N–C) groups is 1. The van der Waals surface area contributed by atoms with E-state index in [2.05, 4.69) is 16.8 Å². The van der Waals surface area contributed by atoms with Gasteiger partial charge in [0.15, 0.2) is 16.8 Å². The van der Waals surface area contributed by atoms with Crippen molar-refractivity contribution < 1.29 is 13.6 Å². The van der Waals surface area contributed by atoms with Gasteiger partial charge in [-0.3, -0.25) is 9.79 Å². The first-order chi connectivity index (χ1) is 10.6. The van der Waals surface area contributed by atoms with Crippen molar-refractivity contribution in [3.63, 3.8) is 0 Å². The summed E-state index contributed by atoms with van der Waals surface area (Å²) in [5.41, 5.74) is -0.199. The summed E-state index contributed by atoms with van der Waals surface area (Å²) in [7, 11) is 0. The first-order valence-electron chi connectivity index (χ1n) is 7.25. The average molecular weight is 325 g/mol. The maximum atomic E-state index is 13.7. The number of hydrogen-bond donors (Lipinski definition) is 0. The molecule has 0 aliphatic carbocycles. The van der Waals surface area contributed by atoms with Crippen molar-refractivity contribution in [1.29, 1.82) is 0 Å². The van der Waals surface area contributed by atoms with Crippen LogP contribution in [-0.4, -0.2) is 58.8 Å². The molecule has 2 aliphatic rings. The summed E-state index contributed by atoms with van der Waals surface area (Å²) in [6, 6.07) is 3.69. The molecule has 7 heteroatoms. The fourth-order valence-corrected chi connectivity index (χ4v) is 3.57. The molecule has 118 valence electrons. The molecule has 0 radical (unpaired) electrons. The highest BCUT2D eigenvalue weighted by molar-refractivity contribution is 8.14. The van der Waals surface area contributed by atoms with Crippen LogP contribution in [-0.2, 0) is 0 Å². The molecule has 4 nitrogen and oxygen atoms in total. The maximum absolute atomic E-state index is 13.7. The van der Waals surface area contributed by atoms with Gasteiger partial charge in [-0.2, -0.15) is 0 Å². The van der Waals surface area contributed by atoms with E-state index in [-0.39, 0.29) is 5.56 Å². The zero-order chi connectivity index (χ0) is 15.7. The Bertz CT molecular complexity index is 615. The van der Waals surface area contributed by atoms with Crippen LogP contribution in [0.2, 0.25) is 0 Å². The Balaban J connectivity index is 1.64. The molecular weight excluding hydrogens is 308 g/mol. The third-order valence-electron chi connectivity index (χ3n) is 3.81. The van der Waals surface area contributed by atoms with E-state index in [9.17, 15) is 13.6 Å². The Morgan fingerprint density at radius 3 is 2.64 bits per heavy atom. The van der Waals surface area contributed by atoms with Gasteiger partial charge in [0.25, 0.3) is 5.91 Å². The second kappa shape index (κ2) is 6.24. The van der Waals surface area contributed by atoms with Crippen molar-refractivity contribution in [2.24, 2.45) is 4.99 Å². The van der Waals surface area contributed by atoms with Gasteiger partial charge in [-0.25, -0.2) is 8.78 Å². The number of thioether (sulfide) groups is 1. The molecular formula is C15H17F2N3OS. The highest BCUT2D eigenvalue weighted by Crippen LogP contribution is 2.24. The molecule has 1 atom stereocenters. The van der Waals surface area contributed by atoms with Crippen LogP contribution in [0.15, 0.2) is 23.2 Å². The lowest BCUT2D eigenvalue weighted by molar-refractivity contribution is 0.0688. The largest absolute Gasteiger partial charge is 0.348 e. The topological polar surface area (TPSA) is 35.9 Å². The standard InChI is InChI=1S/C15H17F2N3OS/c1-10-9-18-15(22-10)20-7-5-19(6-8-20)14(21)11-3-2-4-12(16)13(11)17/h2-4,10H,5-9H2,1H3/t10-/m0/s1. The lowest BCUT2D eigenvalue weighted by Gasteiger charge is -2.35. The van der Waals surface area contributed by atoms with Crippen molar-refractivity contribution in [3.8, 4) is 0 Å². The number of piperazine rings is 1. The van der Waals surface area contributed by atoms with Crippen LogP contribution >= 0.6 is 11.8 Å². The van der Waals surface area contributed by atoms with Crippen LogP contribution in [0.5, 0.6) is 0 Å². The number of carbonyl (C=O) groups is 1. The Morgan fingerprint density at radius 2 is 2.00 bits per heavy atom. The van der Waals surface area contributed by atoms with Crippen LogP contribution in [0.3, 0.4) is 0 Å². The number of nitrogens with zero attached hydrogens (tertiary/aromatic N) is 3. The minimum absolute atomic E-state index is 0.199. The normalized spacial score (nSPS) is 22.0. The molecule has 1 aromatic rings. The van der Waals surface area contributed by atoms with Gasteiger partial charge >= 0.3 is 0 Å². The predicted molar refractivity (Wildman–Crippen MR) is 83.2 cm³/mol. The van der Waals surface area contributed by atoms with E-state index in [0.717, 1.165) is 17.8 Å². The molecule has 1 fully saturated rings. The van der Waals surface area contributed by atoms with E-state index in [1.165, 1.54) is 12.1 Å². The summed E-state index contributed by atoms with van der Waals surface area (Å²) in [5.74, 6) is -2.51. The van der Waals surface area contributed by atoms with Crippen LogP contribution in [0.4, 0.5) is 8.78 Å². The Hall–Kier alpha value is -1.63.